The van der Waals surface area contributed by atoms with Crippen LogP contribution in [0.5, 0.6) is 0 Å². The number of aromatic nitrogens is 2. The third-order valence-corrected chi connectivity index (χ3v) is 4.98. The smallest absolute Gasteiger partial charge is 0.259 e. The fourth-order valence-corrected chi connectivity index (χ4v) is 3.34. The van der Waals surface area contributed by atoms with Crippen molar-refractivity contribution in [2.24, 2.45) is 0 Å². The molecule has 28 heavy (non-hydrogen) atoms. The van der Waals surface area contributed by atoms with Crippen molar-refractivity contribution in [1.82, 2.24) is 15.5 Å². The predicted molar refractivity (Wildman–Crippen MR) is 101 cm³/mol. The first kappa shape index (κ1) is 18.6. The lowest BCUT2D eigenvalue weighted by Gasteiger charge is -2.14. The van der Waals surface area contributed by atoms with Crippen LogP contribution in [0.2, 0.25) is 0 Å². The summed E-state index contributed by atoms with van der Waals surface area (Å²) in [6.07, 6.45) is 2.49. The maximum atomic E-state index is 13.8. The summed E-state index contributed by atoms with van der Waals surface area (Å²) in [6.45, 7) is 1.92. The molecule has 0 aliphatic heterocycles. The van der Waals surface area contributed by atoms with E-state index in [2.05, 4.69) is 15.5 Å². The molecule has 2 heterocycles. The third kappa shape index (κ3) is 3.62. The minimum absolute atomic E-state index is 0.100. The number of aliphatic hydroxyl groups is 1. The zero-order valence-corrected chi connectivity index (χ0v) is 15.6. The van der Waals surface area contributed by atoms with E-state index in [1.54, 1.807) is 18.2 Å². The van der Waals surface area contributed by atoms with E-state index >= 15 is 0 Å². The first-order chi connectivity index (χ1) is 13.6. The fourth-order valence-electron chi connectivity index (χ4n) is 3.34. The van der Waals surface area contributed by atoms with Gasteiger partial charge < -0.3 is 14.9 Å². The Labute approximate surface area is 161 Å². The number of aliphatic hydroxyl groups excluding tert-OH is 1. The Morgan fingerprint density at radius 1 is 1.39 bits per heavy atom. The van der Waals surface area contributed by atoms with E-state index in [0.29, 0.717) is 34.7 Å². The van der Waals surface area contributed by atoms with Gasteiger partial charge in [0, 0.05) is 23.7 Å². The van der Waals surface area contributed by atoms with Gasteiger partial charge in [-0.1, -0.05) is 36.7 Å². The lowest BCUT2D eigenvalue weighted by atomic mass is 10.0. The summed E-state index contributed by atoms with van der Waals surface area (Å²) in [5.41, 5.74) is 2.49. The van der Waals surface area contributed by atoms with Crippen LogP contribution in [0, 0.1) is 5.82 Å². The second kappa shape index (κ2) is 7.67. The Morgan fingerprint density at radius 2 is 2.18 bits per heavy atom. The molecule has 0 spiro atoms. The van der Waals surface area contributed by atoms with Crippen LogP contribution in [-0.4, -0.2) is 27.7 Å². The van der Waals surface area contributed by atoms with Gasteiger partial charge in [0.1, 0.15) is 5.82 Å². The van der Waals surface area contributed by atoms with Gasteiger partial charge in [0.15, 0.2) is 0 Å². The molecule has 1 aromatic carbocycles. The molecular weight excluding hydrogens is 361 g/mol. The van der Waals surface area contributed by atoms with Crippen LogP contribution in [0.1, 0.15) is 65.5 Å². The highest BCUT2D eigenvalue weighted by Gasteiger charge is 2.29. The number of hydrogen-bond acceptors (Lipinski definition) is 5. The third-order valence-electron chi connectivity index (χ3n) is 4.98. The zero-order valence-electron chi connectivity index (χ0n) is 15.6. The van der Waals surface area contributed by atoms with E-state index in [1.807, 2.05) is 6.92 Å². The standard InChI is InChI=1S/C21H22FN3O3/c1-2-5-16-19-14(10-17(12-8-9-12)24-21(19)28-25-16)20(27)23-11-18(26)13-6-3-4-7-15(13)22/h3-4,6-7,10,12,18,26H,2,5,8-9,11H2,1H3,(H,23,27)/t18-/m0/s1. The van der Waals surface area contributed by atoms with Crippen molar-refractivity contribution in [3.8, 4) is 0 Å². The quantitative estimate of drug-likeness (QED) is 0.650. The van der Waals surface area contributed by atoms with Crippen molar-refractivity contribution >= 4 is 17.0 Å². The van der Waals surface area contributed by atoms with Gasteiger partial charge in [-0.25, -0.2) is 9.37 Å². The molecule has 2 N–H and O–H groups in total. The van der Waals surface area contributed by atoms with Gasteiger partial charge in [0.05, 0.1) is 22.7 Å². The van der Waals surface area contributed by atoms with Gasteiger partial charge in [-0.15, -0.1) is 0 Å². The molecule has 0 bridgehead atoms. The topological polar surface area (TPSA) is 88.2 Å². The van der Waals surface area contributed by atoms with Crippen LogP contribution in [0.25, 0.3) is 11.1 Å². The number of halogens is 1. The number of nitrogens with one attached hydrogen (secondary N) is 1. The Balaban J connectivity index is 1.60. The van der Waals surface area contributed by atoms with Crippen LogP contribution in [0.4, 0.5) is 4.39 Å². The predicted octanol–water partition coefficient (Wildman–Crippen LogP) is 3.66. The monoisotopic (exact) mass is 383 g/mol. The van der Waals surface area contributed by atoms with Crippen molar-refractivity contribution in [2.45, 2.75) is 44.6 Å². The Hall–Kier alpha value is -2.80. The van der Waals surface area contributed by atoms with Gasteiger partial charge in [0.25, 0.3) is 11.6 Å². The highest BCUT2D eigenvalue weighted by atomic mass is 19.1. The highest BCUT2D eigenvalue weighted by Crippen LogP contribution is 2.40. The molecule has 0 radical (unpaired) electrons. The molecule has 6 nitrogen and oxygen atoms in total. The minimum Gasteiger partial charge on any atom is -0.386 e. The van der Waals surface area contributed by atoms with E-state index in [9.17, 15) is 14.3 Å². The molecule has 1 atom stereocenters. The number of pyridine rings is 1. The van der Waals surface area contributed by atoms with Crippen LogP contribution >= 0.6 is 0 Å². The normalized spacial score (nSPS) is 15.0. The molecule has 1 fully saturated rings. The first-order valence-corrected chi connectivity index (χ1v) is 9.58. The molecule has 2 aromatic heterocycles. The second-order valence-electron chi connectivity index (χ2n) is 7.18. The number of rotatable bonds is 7. The van der Waals surface area contributed by atoms with E-state index < -0.39 is 11.9 Å². The number of carbonyl (C=O) groups is 1. The Kier molecular flexibility index (Phi) is 5.09. The van der Waals surface area contributed by atoms with Gasteiger partial charge in [-0.2, -0.15) is 0 Å². The van der Waals surface area contributed by atoms with E-state index in [-0.39, 0.29) is 18.0 Å². The summed E-state index contributed by atoms with van der Waals surface area (Å²) in [5, 5.41) is 17.7. The van der Waals surface area contributed by atoms with Gasteiger partial charge in [-0.3, -0.25) is 4.79 Å². The minimum atomic E-state index is -1.14. The van der Waals surface area contributed by atoms with Gasteiger partial charge in [0.2, 0.25) is 0 Å². The molecule has 1 aliphatic rings. The average molecular weight is 383 g/mol. The lowest BCUT2D eigenvalue weighted by molar-refractivity contribution is 0.0915. The van der Waals surface area contributed by atoms with Gasteiger partial charge >= 0.3 is 0 Å². The first-order valence-electron chi connectivity index (χ1n) is 9.58. The molecule has 146 valence electrons. The fraction of sp³-hybridized carbons (Fsp3) is 0.381. The summed E-state index contributed by atoms with van der Waals surface area (Å²) in [5.74, 6) is -0.513. The number of aryl methyl sites for hydroxylation is 1. The average Bonchev–Trinajstić information content (AvgIpc) is 3.47. The van der Waals surface area contributed by atoms with E-state index in [0.717, 1.165) is 25.0 Å². The second-order valence-corrected chi connectivity index (χ2v) is 7.18. The summed E-state index contributed by atoms with van der Waals surface area (Å²) in [4.78, 5) is 17.4. The maximum absolute atomic E-state index is 13.8. The molecule has 1 aliphatic carbocycles. The number of fused-ring (bicyclic) bond motifs is 1. The molecular formula is C21H22FN3O3. The molecule has 0 saturated heterocycles. The highest BCUT2D eigenvalue weighted by molar-refractivity contribution is 6.06. The van der Waals surface area contributed by atoms with Crippen LogP contribution in [0.15, 0.2) is 34.9 Å². The summed E-state index contributed by atoms with van der Waals surface area (Å²) >= 11 is 0. The molecule has 1 amide bonds. The zero-order chi connectivity index (χ0) is 19.7. The Morgan fingerprint density at radius 3 is 2.89 bits per heavy atom. The number of benzene rings is 1. The number of carbonyl (C=O) groups excluding carboxylic acids is 1. The lowest BCUT2D eigenvalue weighted by Crippen LogP contribution is -2.29. The molecule has 0 unspecified atom stereocenters. The maximum Gasteiger partial charge on any atom is 0.259 e. The largest absolute Gasteiger partial charge is 0.386 e. The van der Waals surface area contributed by atoms with Crippen molar-refractivity contribution in [1.29, 1.82) is 0 Å². The molecule has 4 rings (SSSR count). The molecule has 7 heteroatoms. The molecule has 1 saturated carbocycles. The van der Waals surface area contributed by atoms with Crippen LogP contribution in [0.3, 0.4) is 0 Å². The molecule has 3 aromatic rings. The van der Waals surface area contributed by atoms with Crippen LogP contribution in [-0.2, 0) is 6.42 Å². The SMILES string of the molecule is CCCc1noc2nc(C3CC3)cc(C(=O)NC[C@H](O)c3ccccc3F)c12. The van der Waals surface area contributed by atoms with Crippen LogP contribution < -0.4 is 5.32 Å². The van der Waals surface area contributed by atoms with Crippen molar-refractivity contribution in [3.63, 3.8) is 0 Å². The number of nitrogens with zero attached hydrogens (tertiary/aromatic N) is 2. The van der Waals surface area contributed by atoms with Crippen molar-refractivity contribution in [3.05, 3.63) is 58.7 Å². The summed E-state index contributed by atoms with van der Waals surface area (Å²) < 4.78 is 19.2. The van der Waals surface area contributed by atoms with E-state index in [1.165, 1.54) is 12.1 Å². The Bertz CT molecular complexity index is 1010. The number of amides is 1. The summed E-state index contributed by atoms with van der Waals surface area (Å²) in [6, 6.07) is 7.77. The summed E-state index contributed by atoms with van der Waals surface area (Å²) in [7, 11) is 0. The van der Waals surface area contributed by atoms with Crippen molar-refractivity contribution < 1.29 is 18.8 Å². The van der Waals surface area contributed by atoms with Gasteiger partial charge in [-0.05, 0) is 31.4 Å². The number of hydrogen-bond donors (Lipinski definition) is 2. The van der Waals surface area contributed by atoms with Crippen molar-refractivity contribution in [2.75, 3.05) is 6.54 Å². The van der Waals surface area contributed by atoms with E-state index in [4.69, 9.17) is 4.52 Å².